The summed E-state index contributed by atoms with van der Waals surface area (Å²) in [6.07, 6.45) is 0.116. The number of aliphatic carboxylic acids is 1. The Labute approximate surface area is 140 Å². The molecule has 122 valence electrons. The zero-order valence-corrected chi connectivity index (χ0v) is 13.8. The summed E-state index contributed by atoms with van der Waals surface area (Å²) >= 11 is 6.08. The molecule has 0 radical (unpaired) electrons. The fourth-order valence-corrected chi connectivity index (χ4v) is 2.52. The summed E-state index contributed by atoms with van der Waals surface area (Å²) in [6, 6.07) is 13.0. The first-order valence-electron chi connectivity index (χ1n) is 7.26. The number of methoxy groups -OCH3 is 1. The van der Waals surface area contributed by atoms with Crippen LogP contribution in [0.5, 0.6) is 11.5 Å². The molecular formula is C18H19ClO4. The second kappa shape index (κ2) is 7.88. The lowest BCUT2D eigenvalue weighted by atomic mass is 9.98. The predicted octanol–water partition coefficient (Wildman–Crippen LogP) is 4.51. The van der Waals surface area contributed by atoms with E-state index in [1.54, 1.807) is 13.2 Å². The maximum atomic E-state index is 10.7. The number of ether oxygens (including phenoxy) is 2. The van der Waals surface area contributed by atoms with Crippen molar-refractivity contribution < 1.29 is 19.4 Å². The van der Waals surface area contributed by atoms with Gasteiger partial charge in [-0.05, 0) is 41.3 Å². The zero-order valence-electron chi connectivity index (χ0n) is 13.1. The van der Waals surface area contributed by atoms with Gasteiger partial charge in [-0.15, -0.1) is 0 Å². The predicted molar refractivity (Wildman–Crippen MR) is 89.4 cm³/mol. The fourth-order valence-electron chi connectivity index (χ4n) is 2.24. The van der Waals surface area contributed by atoms with Gasteiger partial charge in [0.1, 0.15) is 18.1 Å². The van der Waals surface area contributed by atoms with Crippen molar-refractivity contribution >= 4 is 17.6 Å². The molecule has 0 aromatic heterocycles. The van der Waals surface area contributed by atoms with Crippen LogP contribution in [0.4, 0.5) is 0 Å². The minimum absolute atomic E-state index is 0.0260. The van der Waals surface area contributed by atoms with Crippen molar-refractivity contribution in [2.24, 2.45) is 0 Å². The number of benzene rings is 2. The summed E-state index contributed by atoms with van der Waals surface area (Å²) in [5, 5.41) is 9.37. The van der Waals surface area contributed by atoms with Crippen LogP contribution in [0.2, 0.25) is 5.02 Å². The highest BCUT2D eigenvalue weighted by Crippen LogP contribution is 2.26. The Morgan fingerprint density at radius 1 is 1.22 bits per heavy atom. The number of hydrogen-bond acceptors (Lipinski definition) is 3. The monoisotopic (exact) mass is 334 g/mol. The summed E-state index contributed by atoms with van der Waals surface area (Å²) in [7, 11) is 1.57. The summed E-state index contributed by atoms with van der Waals surface area (Å²) in [5.41, 5.74) is 1.92. The first-order valence-corrected chi connectivity index (χ1v) is 7.64. The van der Waals surface area contributed by atoms with Gasteiger partial charge in [-0.3, -0.25) is 4.79 Å². The Hall–Kier alpha value is -2.20. The van der Waals surface area contributed by atoms with Crippen molar-refractivity contribution in [3.8, 4) is 11.5 Å². The van der Waals surface area contributed by atoms with E-state index in [4.69, 9.17) is 26.2 Å². The molecule has 1 atom stereocenters. The molecule has 0 aliphatic rings. The Balaban J connectivity index is 1.96. The first-order chi connectivity index (χ1) is 11.0. The van der Waals surface area contributed by atoms with Gasteiger partial charge in [0.05, 0.1) is 18.6 Å². The summed E-state index contributed by atoms with van der Waals surface area (Å²) in [4.78, 5) is 10.7. The second-order valence-electron chi connectivity index (χ2n) is 5.33. The van der Waals surface area contributed by atoms with Crippen molar-refractivity contribution in [3.05, 3.63) is 58.6 Å². The number of carboxylic acids is 1. The Bertz CT molecular complexity index is 667. The van der Waals surface area contributed by atoms with Crippen molar-refractivity contribution in [2.75, 3.05) is 7.11 Å². The fraction of sp³-hybridized carbons (Fsp3) is 0.278. The van der Waals surface area contributed by atoms with Gasteiger partial charge in [-0.1, -0.05) is 36.7 Å². The normalized spacial score (nSPS) is 11.8. The molecule has 0 spiro atoms. The summed E-state index contributed by atoms with van der Waals surface area (Å²) in [6.45, 7) is 2.29. The molecule has 0 bridgehead atoms. The Morgan fingerprint density at radius 2 is 1.91 bits per heavy atom. The van der Waals surface area contributed by atoms with Crippen LogP contribution in [0.25, 0.3) is 0 Å². The molecular weight excluding hydrogens is 316 g/mol. The van der Waals surface area contributed by atoms with E-state index in [0.29, 0.717) is 17.4 Å². The van der Waals surface area contributed by atoms with Gasteiger partial charge in [0.2, 0.25) is 0 Å². The Kier molecular flexibility index (Phi) is 5.88. The van der Waals surface area contributed by atoms with Crippen molar-refractivity contribution in [1.82, 2.24) is 0 Å². The van der Waals surface area contributed by atoms with Crippen molar-refractivity contribution in [3.63, 3.8) is 0 Å². The van der Waals surface area contributed by atoms with Gasteiger partial charge in [0.15, 0.2) is 0 Å². The lowest BCUT2D eigenvalue weighted by molar-refractivity contribution is -0.137. The van der Waals surface area contributed by atoms with Gasteiger partial charge in [0, 0.05) is 0 Å². The van der Waals surface area contributed by atoms with Crippen LogP contribution in [0, 0.1) is 0 Å². The lowest BCUT2D eigenvalue weighted by Gasteiger charge is -2.11. The van der Waals surface area contributed by atoms with Gasteiger partial charge in [0.25, 0.3) is 0 Å². The number of carboxylic acid groups (broad SMARTS) is 1. The molecule has 2 aromatic carbocycles. The molecule has 0 saturated carbocycles. The molecule has 1 N–H and O–H groups in total. The van der Waals surface area contributed by atoms with E-state index in [1.165, 1.54) is 0 Å². The average molecular weight is 335 g/mol. The average Bonchev–Trinajstić information content (AvgIpc) is 2.53. The van der Waals surface area contributed by atoms with Crippen LogP contribution < -0.4 is 9.47 Å². The van der Waals surface area contributed by atoms with Crippen LogP contribution in [0.3, 0.4) is 0 Å². The number of rotatable bonds is 7. The van der Waals surface area contributed by atoms with Gasteiger partial charge < -0.3 is 14.6 Å². The minimum Gasteiger partial charge on any atom is -0.495 e. The van der Waals surface area contributed by atoms with Gasteiger partial charge in [-0.25, -0.2) is 0 Å². The number of hydrogen-bond donors (Lipinski definition) is 1. The summed E-state index contributed by atoms with van der Waals surface area (Å²) < 4.78 is 10.8. The SMILES string of the molecule is COc1ccc(COc2ccc(C(C)CC(=O)O)cc2)cc1Cl. The van der Waals surface area contributed by atoms with Crippen molar-refractivity contribution in [1.29, 1.82) is 0 Å². The van der Waals surface area contributed by atoms with E-state index in [2.05, 4.69) is 0 Å². The third-order valence-electron chi connectivity index (χ3n) is 3.55. The van der Waals surface area contributed by atoms with Crippen LogP contribution in [0.1, 0.15) is 30.4 Å². The summed E-state index contributed by atoms with van der Waals surface area (Å²) in [5.74, 6) is 0.534. The molecule has 0 aliphatic heterocycles. The molecule has 2 aromatic rings. The quantitative estimate of drug-likeness (QED) is 0.809. The maximum Gasteiger partial charge on any atom is 0.303 e. The third-order valence-corrected chi connectivity index (χ3v) is 3.85. The largest absolute Gasteiger partial charge is 0.495 e. The van der Waals surface area contributed by atoms with E-state index in [1.807, 2.05) is 43.3 Å². The molecule has 0 fully saturated rings. The topological polar surface area (TPSA) is 55.8 Å². The highest BCUT2D eigenvalue weighted by molar-refractivity contribution is 6.32. The van der Waals surface area contributed by atoms with Gasteiger partial charge in [-0.2, -0.15) is 0 Å². The Morgan fingerprint density at radius 3 is 2.48 bits per heavy atom. The van der Waals surface area contributed by atoms with Crippen LogP contribution in [0.15, 0.2) is 42.5 Å². The standard InChI is InChI=1S/C18H19ClO4/c1-12(9-18(20)21)14-4-6-15(7-5-14)23-11-13-3-8-17(22-2)16(19)10-13/h3-8,10,12H,9,11H2,1-2H3,(H,20,21). The van der Waals surface area contributed by atoms with E-state index < -0.39 is 5.97 Å². The smallest absolute Gasteiger partial charge is 0.303 e. The van der Waals surface area contributed by atoms with E-state index >= 15 is 0 Å². The first kappa shape index (κ1) is 17.2. The molecule has 2 rings (SSSR count). The zero-order chi connectivity index (χ0) is 16.8. The highest BCUT2D eigenvalue weighted by atomic mass is 35.5. The molecule has 1 unspecified atom stereocenters. The van der Waals surface area contributed by atoms with E-state index in [0.717, 1.165) is 16.9 Å². The van der Waals surface area contributed by atoms with E-state index in [-0.39, 0.29) is 12.3 Å². The van der Waals surface area contributed by atoms with Gasteiger partial charge >= 0.3 is 5.97 Å². The molecule has 0 saturated heterocycles. The molecule has 4 nitrogen and oxygen atoms in total. The van der Waals surface area contributed by atoms with Crippen LogP contribution in [-0.2, 0) is 11.4 Å². The number of halogens is 1. The maximum absolute atomic E-state index is 10.7. The molecule has 0 heterocycles. The highest BCUT2D eigenvalue weighted by Gasteiger charge is 2.10. The molecule has 0 amide bonds. The minimum atomic E-state index is -0.797. The number of carbonyl (C=O) groups is 1. The molecule has 0 aliphatic carbocycles. The van der Waals surface area contributed by atoms with Crippen molar-refractivity contribution in [2.45, 2.75) is 25.9 Å². The molecule has 5 heteroatoms. The lowest BCUT2D eigenvalue weighted by Crippen LogP contribution is -2.03. The van der Waals surface area contributed by atoms with E-state index in [9.17, 15) is 4.79 Å². The van der Waals surface area contributed by atoms with Crippen LogP contribution in [-0.4, -0.2) is 18.2 Å². The van der Waals surface area contributed by atoms with Crippen LogP contribution >= 0.6 is 11.6 Å². The third kappa shape index (κ3) is 4.89. The second-order valence-corrected chi connectivity index (χ2v) is 5.73. The molecule has 23 heavy (non-hydrogen) atoms.